The van der Waals surface area contributed by atoms with Gasteiger partial charge in [0.05, 0.1) is 19.8 Å². The SMILES string of the molecule is Cc1ccc(OCC2CO2)cc1-c1c(C)c(C(C)(C)c2ccc(OCC3CO3)cc2)c(C)c(-c2ccccc2)c1OCC1CO1. The number of aryl methyl sites for hydroxylation is 1. The second-order valence-electron chi connectivity index (χ2n) is 13.0. The molecule has 0 N–H and O–H groups in total. The summed E-state index contributed by atoms with van der Waals surface area (Å²) in [6.45, 7) is 15.2. The zero-order valence-corrected chi connectivity index (χ0v) is 26.9. The fourth-order valence-electron chi connectivity index (χ4n) is 6.48. The number of rotatable bonds is 13. The average molecular weight is 607 g/mol. The molecule has 45 heavy (non-hydrogen) atoms. The maximum Gasteiger partial charge on any atom is 0.135 e. The van der Waals surface area contributed by atoms with E-state index in [-0.39, 0.29) is 23.7 Å². The summed E-state index contributed by atoms with van der Waals surface area (Å²) in [7, 11) is 0. The van der Waals surface area contributed by atoms with Crippen LogP contribution in [0, 0.1) is 20.8 Å². The zero-order valence-electron chi connectivity index (χ0n) is 26.9. The van der Waals surface area contributed by atoms with E-state index >= 15 is 0 Å². The van der Waals surface area contributed by atoms with Crippen LogP contribution in [-0.4, -0.2) is 58.0 Å². The van der Waals surface area contributed by atoms with Crippen LogP contribution in [0.4, 0.5) is 0 Å². The summed E-state index contributed by atoms with van der Waals surface area (Å²) >= 11 is 0. The van der Waals surface area contributed by atoms with E-state index in [1.165, 1.54) is 22.3 Å². The third kappa shape index (κ3) is 6.46. The minimum Gasteiger partial charge on any atom is -0.491 e. The van der Waals surface area contributed by atoms with Crippen LogP contribution in [0.2, 0.25) is 0 Å². The van der Waals surface area contributed by atoms with Crippen LogP contribution in [0.5, 0.6) is 17.2 Å². The minimum absolute atomic E-state index is 0.125. The molecule has 0 spiro atoms. The van der Waals surface area contributed by atoms with Gasteiger partial charge in [-0.15, -0.1) is 0 Å². The molecule has 6 heteroatoms. The Kier molecular flexibility index (Phi) is 8.07. The molecular weight excluding hydrogens is 564 g/mol. The third-order valence-corrected chi connectivity index (χ3v) is 9.19. The van der Waals surface area contributed by atoms with Gasteiger partial charge in [-0.3, -0.25) is 0 Å². The fraction of sp³-hybridized carbons (Fsp3) is 0.385. The van der Waals surface area contributed by atoms with Crippen LogP contribution in [0.1, 0.15) is 41.7 Å². The summed E-state index contributed by atoms with van der Waals surface area (Å²) in [6.07, 6.45) is 0.534. The molecule has 3 heterocycles. The fourth-order valence-corrected chi connectivity index (χ4v) is 6.48. The van der Waals surface area contributed by atoms with Gasteiger partial charge in [-0.25, -0.2) is 0 Å². The first kappa shape index (κ1) is 29.8. The van der Waals surface area contributed by atoms with E-state index in [0.717, 1.165) is 64.9 Å². The first-order chi connectivity index (χ1) is 21.8. The van der Waals surface area contributed by atoms with Crippen molar-refractivity contribution in [3.8, 4) is 39.5 Å². The van der Waals surface area contributed by atoms with Crippen LogP contribution >= 0.6 is 0 Å². The highest BCUT2D eigenvalue weighted by Gasteiger charge is 2.34. The molecule has 3 saturated heterocycles. The topological polar surface area (TPSA) is 65.3 Å². The summed E-state index contributed by atoms with van der Waals surface area (Å²) in [5.74, 6) is 2.58. The van der Waals surface area contributed by atoms with Gasteiger partial charge in [0.25, 0.3) is 0 Å². The molecule has 0 saturated carbocycles. The highest BCUT2D eigenvalue weighted by molar-refractivity contribution is 5.90. The maximum atomic E-state index is 6.79. The van der Waals surface area contributed by atoms with Gasteiger partial charge in [0.1, 0.15) is 55.4 Å². The lowest BCUT2D eigenvalue weighted by Gasteiger charge is -2.34. The molecule has 4 aromatic rings. The molecule has 7 rings (SSSR count). The van der Waals surface area contributed by atoms with E-state index in [0.29, 0.717) is 19.8 Å². The van der Waals surface area contributed by atoms with Gasteiger partial charge in [0.2, 0.25) is 0 Å². The summed E-state index contributed by atoms with van der Waals surface area (Å²) < 4.78 is 35.3. The van der Waals surface area contributed by atoms with Crippen molar-refractivity contribution >= 4 is 0 Å². The van der Waals surface area contributed by atoms with Crippen LogP contribution in [0.3, 0.4) is 0 Å². The van der Waals surface area contributed by atoms with Gasteiger partial charge in [-0.1, -0.05) is 62.4 Å². The summed E-state index contributed by atoms with van der Waals surface area (Å²) in [4.78, 5) is 0. The van der Waals surface area contributed by atoms with Crippen molar-refractivity contribution in [2.24, 2.45) is 0 Å². The molecule has 3 atom stereocenters. The van der Waals surface area contributed by atoms with Crippen molar-refractivity contribution in [1.82, 2.24) is 0 Å². The molecule has 3 fully saturated rings. The maximum absolute atomic E-state index is 6.79. The Morgan fingerprint density at radius 2 is 1.18 bits per heavy atom. The van der Waals surface area contributed by atoms with Gasteiger partial charge >= 0.3 is 0 Å². The predicted octanol–water partition coefficient (Wildman–Crippen LogP) is 7.60. The van der Waals surface area contributed by atoms with Gasteiger partial charge < -0.3 is 28.4 Å². The number of hydrogen-bond donors (Lipinski definition) is 0. The largest absolute Gasteiger partial charge is 0.491 e. The molecule has 0 aliphatic carbocycles. The highest BCUT2D eigenvalue weighted by atomic mass is 16.6. The first-order valence-corrected chi connectivity index (χ1v) is 16.0. The third-order valence-electron chi connectivity index (χ3n) is 9.19. The van der Waals surface area contributed by atoms with Crippen molar-refractivity contribution < 1.29 is 28.4 Å². The Morgan fingerprint density at radius 3 is 1.78 bits per heavy atom. The summed E-state index contributed by atoms with van der Waals surface area (Å²) in [5.41, 5.74) is 10.2. The van der Waals surface area contributed by atoms with E-state index in [2.05, 4.69) is 101 Å². The van der Waals surface area contributed by atoms with Gasteiger partial charge in [-0.2, -0.15) is 0 Å². The first-order valence-electron chi connectivity index (χ1n) is 16.0. The number of epoxide rings is 3. The second-order valence-corrected chi connectivity index (χ2v) is 13.0. The molecule has 3 aliphatic rings. The van der Waals surface area contributed by atoms with Crippen molar-refractivity contribution in [3.05, 3.63) is 101 Å². The minimum atomic E-state index is -0.325. The standard InChI is InChI=1S/C39H42O6/c1-24-11-14-30(41-19-32-21-43-32)17-34(24)36-26(3)37(39(4,5)28-12-15-29(16-13-28)40-18-31-20-42-31)25(2)35(27-9-7-6-8-10-27)38(36)45-23-33-22-44-33/h6-17,31-33H,18-23H2,1-5H3. The lowest BCUT2D eigenvalue weighted by atomic mass is 9.71. The molecule has 6 nitrogen and oxygen atoms in total. The predicted molar refractivity (Wildman–Crippen MR) is 176 cm³/mol. The average Bonchev–Trinajstić information content (AvgIpc) is 3.89. The molecule has 0 amide bonds. The van der Waals surface area contributed by atoms with Crippen LogP contribution in [0.15, 0.2) is 72.8 Å². The van der Waals surface area contributed by atoms with Crippen LogP contribution in [0.25, 0.3) is 22.3 Å². The molecular formula is C39H42O6. The van der Waals surface area contributed by atoms with E-state index in [4.69, 9.17) is 28.4 Å². The van der Waals surface area contributed by atoms with Crippen molar-refractivity contribution in [1.29, 1.82) is 0 Å². The Morgan fingerprint density at radius 1 is 0.644 bits per heavy atom. The van der Waals surface area contributed by atoms with Gasteiger partial charge in [0.15, 0.2) is 0 Å². The molecule has 0 bridgehead atoms. The molecule has 0 radical (unpaired) electrons. The molecule has 3 unspecified atom stereocenters. The van der Waals surface area contributed by atoms with E-state index in [1.54, 1.807) is 0 Å². The van der Waals surface area contributed by atoms with Crippen LogP contribution < -0.4 is 14.2 Å². The van der Waals surface area contributed by atoms with E-state index in [1.807, 2.05) is 6.07 Å². The number of benzene rings is 4. The second kappa shape index (κ2) is 12.2. The summed E-state index contributed by atoms with van der Waals surface area (Å²) in [6, 6.07) is 25.5. The van der Waals surface area contributed by atoms with Crippen molar-refractivity contribution in [2.75, 3.05) is 39.6 Å². The zero-order chi connectivity index (χ0) is 31.1. The lowest BCUT2D eigenvalue weighted by molar-refractivity contribution is 0.262. The Hall–Kier alpha value is -3.84. The van der Waals surface area contributed by atoms with E-state index in [9.17, 15) is 0 Å². The van der Waals surface area contributed by atoms with Crippen molar-refractivity contribution in [3.63, 3.8) is 0 Å². The number of hydrogen-bond acceptors (Lipinski definition) is 6. The molecule has 0 aromatic heterocycles. The van der Waals surface area contributed by atoms with Crippen LogP contribution in [-0.2, 0) is 19.6 Å². The Labute approximate surface area is 266 Å². The van der Waals surface area contributed by atoms with E-state index < -0.39 is 0 Å². The van der Waals surface area contributed by atoms with Crippen molar-refractivity contribution in [2.45, 2.75) is 58.3 Å². The normalized spacial score (nSPS) is 20.1. The molecule has 234 valence electrons. The van der Waals surface area contributed by atoms with Gasteiger partial charge in [-0.05, 0) is 84.0 Å². The molecule has 3 aliphatic heterocycles. The lowest BCUT2D eigenvalue weighted by Crippen LogP contribution is -2.23. The molecule has 4 aromatic carbocycles. The summed E-state index contributed by atoms with van der Waals surface area (Å²) in [5, 5.41) is 0. The smallest absolute Gasteiger partial charge is 0.135 e. The quantitative estimate of drug-likeness (QED) is 0.146. The Balaban J connectivity index is 1.40. The number of ether oxygens (including phenoxy) is 6. The Bertz CT molecular complexity index is 1660. The van der Waals surface area contributed by atoms with Gasteiger partial charge in [0, 0.05) is 16.5 Å². The highest BCUT2D eigenvalue weighted by Crippen LogP contribution is 2.51. The monoisotopic (exact) mass is 606 g/mol.